The second-order valence-electron chi connectivity index (χ2n) is 2.21. The van der Waals surface area contributed by atoms with Gasteiger partial charge in [-0.3, -0.25) is 9.59 Å². The summed E-state index contributed by atoms with van der Waals surface area (Å²) >= 11 is 5.13. The Morgan fingerprint density at radius 1 is 1.55 bits per heavy atom. The molecule has 1 unspecified atom stereocenters. The molecule has 0 amide bonds. The zero-order chi connectivity index (χ0) is 8.85. The monoisotopic (exact) mass is 178 g/mol. The third-order valence-corrected chi connectivity index (χ3v) is 1.54. The van der Waals surface area contributed by atoms with Crippen molar-refractivity contribution >= 4 is 22.8 Å². The van der Waals surface area contributed by atoms with E-state index < -0.39 is 11.2 Å². The van der Waals surface area contributed by atoms with Crippen molar-refractivity contribution in [3.05, 3.63) is 0 Å². The van der Waals surface area contributed by atoms with Crippen LogP contribution in [0, 0.1) is 5.92 Å². The minimum Gasteiger partial charge on any atom is -0.466 e. The molecule has 0 spiro atoms. The van der Waals surface area contributed by atoms with Gasteiger partial charge < -0.3 is 4.74 Å². The van der Waals surface area contributed by atoms with Crippen molar-refractivity contribution in [2.75, 3.05) is 6.61 Å². The van der Waals surface area contributed by atoms with Gasteiger partial charge >= 0.3 is 5.97 Å². The molecule has 0 radical (unpaired) electrons. The van der Waals surface area contributed by atoms with Crippen molar-refractivity contribution in [1.29, 1.82) is 0 Å². The van der Waals surface area contributed by atoms with Gasteiger partial charge in [0.05, 0.1) is 13.0 Å². The number of hydrogen-bond donors (Lipinski definition) is 0. The Bertz CT molecular complexity index is 156. The quantitative estimate of drug-likeness (QED) is 0.482. The molecule has 0 aliphatic carbocycles. The molecule has 0 rings (SSSR count). The van der Waals surface area contributed by atoms with Crippen molar-refractivity contribution in [2.45, 2.75) is 20.3 Å². The lowest BCUT2D eigenvalue weighted by molar-refractivity contribution is -0.145. The molecule has 4 heteroatoms. The number of carbonyl (C=O) groups is 2. The van der Waals surface area contributed by atoms with Crippen LogP contribution in [0.25, 0.3) is 0 Å². The van der Waals surface area contributed by atoms with Gasteiger partial charge in [-0.05, 0) is 18.5 Å². The van der Waals surface area contributed by atoms with E-state index in [4.69, 9.17) is 11.6 Å². The maximum atomic E-state index is 10.7. The van der Waals surface area contributed by atoms with Gasteiger partial charge in [-0.2, -0.15) is 0 Å². The van der Waals surface area contributed by atoms with Crippen molar-refractivity contribution < 1.29 is 14.3 Å². The van der Waals surface area contributed by atoms with Crippen LogP contribution < -0.4 is 0 Å². The molecule has 0 N–H and O–H groups in total. The van der Waals surface area contributed by atoms with Crippen LogP contribution in [0.2, 0.25) is 0 Å². The summed E-state index contributed by atoms with van der Waals surface area (Å²) in [7, 11) is 0. The number of hydrogen-bond acceptors (Lipinski definition) is 3. The van der Waals surface area contributed by atoms with Crippen LogP contribution in [0.15, 0.2) is 0 Å². The Kier molecular flexibility index (Phi) is 4.86. The van der Waals surface area contributed by atoms with Gasteiger partial charge in [0.15, 0.2) is 0 Å². The van der Waals surface area contributed by atoms with E-state index in [0.29, 0.717) is 6.61 Å². The van der Waals surface area contributed by atoms with Gasteiger partial charge in [0.25, 0.3) is 0 Å². The summed E-state index contributed by atoms with van der Waals surface area (Å²) in [6, 6.07) is 0. The second-order valence-corrected chi connectivity index (χ2v) is 2.59. The van der Waals surface area contributed by atoms with E-state index in [9.17, 15) is 9.59 Å². The van der Waals surface area contributed by atoms with E-state index in [0.717, 1.165) is 0 Å². The summed E-state index contributed by atoms with van der Waals surface area (Å²) in [5, 5.41) is -0.502. The third kappa shape index (κ3) is 4.79. The standard InChI is InChI=1S/C7H11ClO3/c1-3-11-6(9)4-5(2)7(8)10/h5H,3-4H2,1-2H3. The molecule has 1 atom stereocenters. The molecule has 3 nitrogen and oxygen atoms in total. The average molecular weight is 179 g/mol. The van der Waals surface area contributed by atoms with E-state index >= 15 is 0 Å². The average Bonchev–Trinajstić information content (AvgIpc) is 1.87. The lowest BCUT2D eigenvalue weighted by Crippen LogP contribution is -2.13. The highest BCUT2D eigenvalue weighted by Gasteiger charge is 2.14. The van der Waals surface area contributed by atoms with Crippen molar-refractivity contribution in [3.63, 3.8) is 0 Å². The summed E-state index contributed by atoms with van der Waals surface area (Å²) in [4.78, 5) is 21.2. The molecule has 0 heterocycles. The number of rotatable bonds is 4. The number of carbonyl (C=O) groups excluding carboxylic acids is 2. The minimum atomic E-state index is -0.502. The first-order valence-electron chi connectivity index (χ1n) is 3.42. The van der Waals surface area contributed by atoms with E-state index in [1.807, 2.05) is 0 Å². The second kappa shape index (κ2) is 5.13. The highest BCUT2D eigenvalue weighted by Crippen LogP contribution is 2.06. The molecule has 0 aromatic rings. The van der Waals surface area contributed by atoms with Gasteiger partial charge in [-0.1, -0.05) is 6.92 Å². The predicted molar refractivity (Wildman–Crippen MR) is 41.3 cm³/mol. The SMILES string of the molecule is CCOC(=O)CC(C)C(=O)Cl. The maximum absolute atomic E-state index is 10.7. The Morgan fingerprint density at radius 2 is 2.09 bits per heavy atom. The normalized spacial score (nSPS) is 12.3. The van der Waals surface area contributed by atoms with Crippen LogP contribution in [-0.4, -0.2) is 17.8 Å². The van der Waals surface area contributed by atoms with E-state index in [1.54, 1.807) is 13.8 Å². The van der Waals surface area contributed by atoms with Gasteiger partial charge in [-0.15, -0.1) is 0 Å². The van der Waals surface area contributed by atoms with Crippen molar-refractivity contribution in [2.24, 2.45) is 5.92 Å². The highest BCUT2D eigenvalue weighted by molar-refractivity contribution is 6.64. The van der Waals surface area contributed by atoms with Gasteiger partial charge in [-0.25, -0.2) is 0 Å². The fraction of sp³-hybridized carbons (Fsp3) is 0.714. The van der Waals surface area contributed by atoms with E-state index in [1.165, 1.54) is 0 Å². The van der Waals surface area contributed by atoms with Crippen LogP contribution in [0.3, 0.4) is 0 Å². The smallest absolute Gasteiger partial charge is 0.306 e. The summed E-state index contributed by atoms with van der Waals surface area (Å²) in [6.07, 6.45) is 0.0656. The molecular weight excluding hydrogens is 168 g/mol. The van der Waals surface area contributed by atoms with Crippen molar-refractivity contribution in [1.82, 2.24) is 0 Å². The molecule has 0 aromatic heterocycles. The van der Waals surface area contributed by atoms with Crippen LogP contribution in [-0.2, 0) is 14.3 Å². The zero-order valence-corrected chi connectivity index (χ0v) is 7.35. The molecule has 64 valence electrons. The zero-order valence-electron chi connectivity index (χ0n) is 6.59. The van der Waals surface area contributed by atoms with Gasteiger partial charge in [0.2, 0.25) is 5.24 Å². The lowest BCUT2D eigenvalue weighted by Gasteiger charge is -2.04. The van der Waals surface area contributed by atoms with Crippen LogP contribution in [0.4, 0.5) is 0 Å². The van der Waals surface area contributed by atoms with E-state index in [-0.39, 0.29) is 12.4 Å². The summed E-state index contributed by atoms with van der Waals surface area (Å²) in [6.45, 7) is 3.64. The largest absolute Gasteiger partial charge is 0.466 e. The highest BCUT2D eigenvalue weighted by atomic mass is 35.5. The fourth-order valence-electron chi connectivity index (χ4n) is 0.550. The topological polar surface area (TPSA) is 43.4 Å². The van der Waals surface area contributed by atoms with Crippen LogP contribution in [0.1, 0.15) is 20.3 Å². The molecule has 0 aliphatic heterocycles. The first-order chi connectivity index (χ1) is 5.07. The molecule has 0 saturated carbocycles. The molecule has 0 aromatic carbocycles. The first-order valence-corrected chi connectivity index (χ1v) is 3.80. The summed E-state index contributed by atoms with van der Waals surface area (Å²) < 4.78 is 4.61. The summed E-state index contributed by atoms with van der Waals surface area (Å²) in [5.41, 5.74) is 0. The Morgan fingerprint density at radius 3 is 2.45 bits per heavy atom. The van der Waals surface area contributed by atoms with Crippen LogP contribution in [0.5, 0.6) is 0 Å². The maximum Gasteiger partial charge on any atom is 0.306 e. The number of halogens is 1. The molecule has 0 bridgehead atoms. The Hall–Kier alpha value is -0.570. The molecule has 0 saturated heterocycles. The Labute approximate surface area is 70.7 Å². The number of ether oxygens (including phenoxy) is 1. The lowest BCUT2D eigenvalue weighted by atomic mass is 10.1. The summed E-state index contributed by atoms with van der Waals surface area (Å²) in [5.74, 6) is -0.829. The number of esters is 1. The van der Waals surface area contributed by atoms with Crippen molar-refractivity contribution in [3.8, 4) is 0 Å². The molecule has 0 aliphatic rings. The molecule has 0 fully saturated rings. The Balaban J connectivity index is 3.66. The molecular formula is C7H11ClO3. The fourth-order valence-corrected chi connectivity index (χ4v) is 0.627. The van der Waals surface area contributed by atoms with Crippen LogP contribution >= 0.6 is 11.6 Å². The van der Waals surface area contributed by atoms with E-state index in [2.05, 4.69) is 4.74 Å². The third-order valence-electron chi connectivity index (χ3n) is 1.17. The minimum absolute atomic E-state index is 0.0656. The predicted octanol–water partition coefficient (Wildman–Crippen LogP) is 1.34. The first kappa shape index (κ1) is 10.4. The van der Waals surface area contributed by atoms with Gasteiger partial charge in [0, 0.05) is 5.92 Å². The van der Waals surface area contributed by atoms with Gasteiger partial charge in [0.1, 0.15) is 0 Å². The molecule has 11 heavy (non-hydrogen) atoms.